The Morgan fingerprint density at radius 3 is 2.78 bits per heavy atom. The molecule has 0 aliphatic carbocycles. The standard InChI is InChI=1S/C19H19N5O3/c1-26-17-10-20-11-18(23-17)27-13-5-4-8-24(12-13)19(25)16-9-21-14-6-2-3-7-15(14)22-16/h2-3,6-7,9-11,13H,4-5,8,12H2,1H3/t13-/m0/s1. The molecule has 27 heavy (non-hydrogen) atoms. The fraction of sp³-hybridized carbons (Fsp3) is 0.316. The number of piperidine rings is 1. The molecule has 4 rings (SSSR count). The molecule has 1 atom stereocenters. The second-order valence-electron chi connectivity index (χ2n) is 6.28. The molecular formula is C19H19N5O3. The van der Waals surface area contributed by atoms with E-state index in [9.17, 15) is 4.79 Å². The number of carbonyl (C=O) groups excluding carboxylic acids is 1. The van der Waals surface area contributed by atoms with E-state index < -0.39 is 0 Å². The zero-order chi connectivity index (χ0) is 18.6. The number of amides is 1. The van der Waals surface area contributed by atoms with Crippen molar-refractivity contribution in [3.8, 4) is 11.8 Å². The lowest BCUT2D eigenvalue weighted by Gasteiger charge is -2.32. The number of hydrogen-bond acceptors (Lipinski definition) is 7. The molecule has 0 N–H and O–H groups in total. The number of methoxy groups -OCH3 is 1. The largest absolute Gasteiger partial charge is 0.480 e. The van der Waals surface area contributed by atoms with Gasteiger partial charge in [0.05, 0.1) is 43.3 Å². The van der Waals surface area contributed by atoms with Gasteiger partial charge < -0.3 is 14.4 Å². The van der Waals surface area contributed by atoms with Gasteiger partial charge in [0.2, 0.25) is 11.8 Å². The highest BCUT2D eigenvalue weighted by Gasteiger charge is 2.27. The molecule has 1 saturated heterocycles. The van der Waals surface area contributed by atoms with Crippen LogP contribution in [-0.4, -0.2) is 57.0 Å². The first-order chi connectivity index (χ1) is 13.2. The topological polar surface area (TPSA) is 90.3 Å². The summed E-state index contributed by atoms with van der Waals surface area (Å²) in [7, 11) is 1.53. The normalized spacial score (nSPS) is 16.9. The third kappa shape index (κ3) is 3.79. The van der Waals surface area contributed by atoms with E-state index in [0.717, 1.165) is 18.4 Å². The van der Waals surface area contributed by atoms with Gasteiger partial charge in [-0.25, -0.2) is 4.98 Å². The summed E-state index contributed by atoms with van der Waals surface area (Å²) in [6, 6.07) is 7.50. The van der Waals surface area contributed by atoms with E-state index in [2.05, 4.69) is 19.9 Å². The highest BCUT2D eigenvalue weighted by atomic mass is 16.5. The van der Waals surface area contributed by atoms with Gasteiger partial charge in [-0.2, -0.15) is 4.98 Å². The molecule has 1 aromatic carbocycles. The number of likely N-dealkylation sites (tertiary alicyclic amines) is 1. The van der Waals surface area contributed by atoms with Crippen LogP contribution in [0.2, 0.25) is 0 Å². The number of para-hydroxylation sites is 2. The van der Waals surface area contributed by atoms with Gasteiger partial charge >= 0.3 is 0 Å². The summed E-state index contributed by atoms with van der Waals surface area (Å²) in [5.74, 6) is 0.639. The summed E-state index contributed by atoms with van der Waals surface area (Å²) in [5, 5.41) is 0. The maximum absolute atomic E-state index is 12.9. The summed E-state index contributed by atoms with van der Waals surface area (Å²) in [6.07, 6.45) is 6.11. The average molecular weight is 365 g/mol. The second-order valence-corrected chi connectivity index (χ2v) is 6.28. The molecule has 1 aliphatic rings. The van der Waals surface area contributed by atoms with Crippen molar-refractivity contribution >= 4 is 16.9 Å². The van der Waals surface area contributed by atoms with Crippen molar-refractivity contribution in [2.24, 2.45) is 0 Å². The molecule has 0 spiro atoms. The van der Waals surface area contributed by atoms with Crippen molar-refractivity contribution in [3.63, 3.8) is 0 Å². The molecule has 0 radical (unpaired) electrons. The summed E-state index contributed by atoms with van der Waals surface area (Å²) in [5.41, 5.74) is 1.82. The zero-order valence-corrected chi connectivity index (χ0v) is 14.9. The van der Waals surface area contributed by atoms with Gasteiger partial charge in [0.25, 0.3) is 5.91 Å². The maximum atomic E-state index is 12.9. The van der Waals surface area contributed by atoms with Gasteiger partial charge in [-0.15, -0.1) is 0 Å². The highest BCUT2D eigenvalue weighted by molar-refractivity contribution is 5.93. The van der Waals surface area contributed by atoms with Crippen LogP contribution < -0.4 is 9.47 Å². The van der Waals surface area contributed by atoms with Crippen molar-refractivity contribution in [2.45, 2.75) is 18.9 Å². The molecule has 3 aromatic rings. The van der Waals surface area contributed by atoms with E-state index in [1.165, 1.54) is 25.7 Å². The number of nitrogens with zero attached hydrogens (tertiary/aromatic N) is 5. The number of carbonyl (C=O) groups is 1. The van der Waals surface area contributed by atoms with Crippen molar-refractivity contribution < 1.29 is 14.3 Å². The molecule has 0 bridgehead atoms. The minimum atomic E-state index is -0.155. The first-order valence-electron chi connectivity index (χ1n) is 8.76. The Morgan fingerprint density at radius 2 is 1.93 bits per heavy atom. The molecule has 0 saturated carbocycles. The third-order valence-corrected chi connectivity index (χ3v) is 4.42. The third-order valence-electron chi connectivity index (χ3n) is 4.42. The fourth-order valence-corrected chi connectivity index (χ4v) is 3.10. The van der Waals surface area contributed by atoms with E-state index in [1.54, 1.807) is 4.90 Å². The summed E-state index contributed by atoms with van der Waals surface area (Å²) < 4.78 is 11.0. The number of aromatic nitrogens is 4. The van der Waals surface area contributed by atoms with Crippen molar-refractivity contribution in [1.82, 2.24) is 24.8 Å². The number of benzene rings is 1. The van der Waals surface area contributed by atoms with Crippen LogP contribution in [0, 0.1) is 0 Å². The summed E-state index contributed by atoms with van der Waals surface area (Å²) in [4.78, 5) is 31.6. The minimum Gasteiger partial charge on any atom is -0.480 e. The first-order valence-corrected chi connectivity index (χ1v) is 8.76. The van der Waals surface area contributed by atoms with Crippen molar-refractivity contribution in [1.29, 1.82) is 0 Å². The Morgan fingerprint density at radius 1 is 1.11 bits per heavy atom. The van der Waals surface area contributed by atoms with Gasteiger partial charge in [-0.3, -0.25) is 14.8 Å². The molecule has 1 fully saturated rings. The number of hydrogen-bond donors (Lipinski definition) is 0. The molecule has 8 nitrogen and oxygen atoms in total. The molecule has 138 valence electrons. The van der Waals surface area contributed by atoms with Crippen molar-refractivity contribution in [2.75, 3.05) is 20.2 Å². The van der Waals surface area contributed by atoms with E-state index in [1.807, 2.05) is 24.3 Å². The Bertz CT molecular complexity index is 965. The van der Waals surface area contributed by atoms with Crippen molar-refractivity contribution in [3.05, 3.63) is 48.5 Å². The van der Waals surface area contributed by atoms with Crippen LogP contribution in [0.25, 0.3) is 11.0 Å². The number of rotatable bonds is 4. The highest BCUT2D eigenvalue weighted by Crippen LogP contribution is 2.19. The van der Waals surface area contributed by atoms with E-state index in [0.29, 0.717) is 36.1 Å². The monoisotopic (exact) mass is 365 g/mol. The number of fused-ring (bicyclic) bond motifs is 1. The van der Waals surface area contributed by atoms with Gasteiger partial charge in [-0.1, -0.05) is 12.1 Å². The van der Waals surface area contributed by atoms with Crippen LogP contribution in [-0.2, 0) is 0 Å². The number of ether oxygens (including phenoxy) is 2. The molecule has 1 amide bonds. The van der Waals surface area contributed by atoms with Gasteiger partial charge in [0.15, 0.2) is 0 Å². The molecule has 3 heterocycles. The Hall–Kier alpha value is -3.29. The predicted octanol–water partition coefficient (Wildman–Crippen LogP) is 2.11. The summed E-state index contributed by atoms with van der Waals surface area (Å²) in [6.45, 7) is 1.13. The quantitative estimate of drug-likeness (QED) is 0.699. The molecule has 2 aromatic heterocycles. The second kappa shape index (κ2) is 7.53. The Kier molecular flexibility index (Phi) is 4.78. The Balaban J connectivity index is 1.47. The lowest BCUT2D eigenvalue weighted by atomic mass is 10.1. The molecular weight excluding hydrogens is 346 g/mol. The summed E-state index contributed by atoms with van der Waals surface area (Å²) >= 11 is 0. The SMILES string of the molecule is COc1cncc(O[C@H]2CCCN(C(=O)c3cnc4ccccc4n3)C2)n1. The first kappa shape index (κ1) is 17.1. The van der Waals surface area contributed by atoms with Crippen LogP contribution in [0.5, 0.6) is 11.8 Å². The van der Waals surface area contributed by atoms with Crippen LogP contribution >= 0.6 is 0 Å². The fourth-order valence-electron chi connectivity index (χ4n) is 3.10. The molecule has 0 unspecified atom stereocenters. The zero-order valence-electron chi connectivity index (χ0n) is 14.9. The maximum Gasteiger partial charge on any atom is 0.274 e. The van der Waals surface area contributed by atoms with E-state index >= 15 is 0 Å². The van der Waals surface area contributed by atoms with E-state index in [4.69, 9.17) is 9.47 Å². The van der Waals surface area contributed by atoms with Gasteiger partial charge in [0.1, 0.15) is 11.8 Å². The molecule has 1 aliphatic heterocycles. The smallest absolute Gasteiger partial charge is 0.274 e. The van der Waals surface area contributed by atoms with Gasteiger partial charge in [0, 0.05) is 6.54 Å². The molecule has 8 heteroatoms. The Labute approximate surface area is 156 Å². The minimum absolute atomic E-state index is 0.140. The lowest BCUT2D eigenvalue weighted by Crippen LogP contribution is -2.44. The van der Waals surface area contributed by atoms with Crippen LogP contribution in [0.15, 0.2) is 42.9 Å². The lowest BCUT2D eigenvalue weighted by molar-refractivity contribution is 0.0520. The predicted molar refractivity (Wildman–Crippen MR) is 97.7 cm³/mol. The van der Waals surface area contributed by atoms with E-state index in [-0.39, 0.29) is 12.0 Å². The van der Waals surface area contributed by atoms with Crippen LogP contribution in [0.4, 0.5) is 0 Å². The average Bonchev–Trinajstić information content (AvgIpc) is 2.73. The van der Waals surface area contributed by atoms with Gasteiger partial charge in [-0.05, 0) is 25.0 Å². The van der Waals surface area contributed by atoms with Crippen LogP contribution in [0.3, 0.4) is 0 Å². The van der Waals surface area contributed by atoms with Crippen LogP contribution in [0.1, 0.15) is 23.3 Å².